The minimum Gasteiger partial charge on any atom is -0.441 e. The standard InChI is InChI=1S/C25H28ClN3O2/c1-18-4-2-3-5-20(18)17-29-14-12-22(13-15-29)28-24(30)10-11-25-27-16-23(31-25)19-6-8-21(26)9-7-19/h2-9,16,22H,10-15,17H2,1H3,(H,28,30). The van der Waals surface area contributed by atoms with Crippen molar-refractivity contribution in [2.45, 2.75) is 45.2 Å². The molecule has 0 saturated carbocycles. The Hall–Kier alpha value is -2.63. The van der Waals surface area contributed by atoms with E-state index in [0.717, 1.165) is 38.0 Å². The van der Waals surface area contributed by atoms with Crippen LogP contribution in [0.5, 0.6) is 0 Å². The van der Waals surface area contributed by atoms with Gasteiger partial charge in [0.1, 0.15) is 0 Å². The first-order chi connectivity index (χ1) is 15.1. The second kappa shape index (κ2) is 10.1. The van der Waals surface area contributed by atoms with E-state index < -0.39 is 0 Å². The molecule has 1 aliphatic heterocycles. The number of nitrogens with zero attached hydrogens (tertiary/aromatic N) is 2. The third-order valence-corrected chi connectivity index (χ3v) is 6.11. The summed E-state index contributed by atoms with van der Waals surface area (Å²) < 4.78 is 5.79. The summed E-state index contributed by atoms with van der Waals surface area (Å²) in [5, 5.41) is 3.86. The average molecular weight is 438 g/mol. The van der Waals surface area contributed by atoms with Crippen molar-refractivity contribution >= 4 is 17.5 Å². The highest BCUT2D eigenvalue weighted by Gasteiger charge is 2.21. The van der Waals surface area contributed by atoms with Gasteiger partial charge in [-0.2, -0.15) is 0 Å². The van der Waals surface area contributed by atoms with Gasteiger partial charge in [0.05, 0.1) is 6.20 Å². The van der Waals surface area contributed by atoms with Gasteiger partial charge in [0.25, 0.3) is 0 Å². The second-order valence-corrected chi connectivity index (χ2v) is 8.61. The van der Waals surface area contributed by atoms with Gasteiger partial charge >= 0.3 is 0 Å². The van der Waals surface area contributed by atoms with Gasteiger partial charge in [0, 0.05) is 49.1 Å². The lowest BCUT2D eigenvalue weighted by molar-refractivity contribution is -0.122. The Labute approximate surface area is 188 Å². The predicted octanol–water partition coefficient (Wildman–Crippen LogP) is 5.02. The number of aryl methyl sites for hydroxylation is 2. The number of likely N-dealkylation sites (tertiary alicyclic amines) is 1. The summed E-state index contributed by atoms with van der Waals surface area (Å²) in [5.41, 5.74) is 3.64. The molecule has 0 radical (unpaired) electrons. The molecule has 0 spiro atoms. The molecular weight excluding hydrogens is 410 g/mol. The summed E-state index contributed by atoms with van der Waals surface area (Å²) in [6.07, 6.45) is 4.53. The monoisotopic (exact) mass is 437 g/mol. The van der Waals surface area contributed by atoms with Crippen LogP contribution in [0.15, 0.2) is 59.1 Å². The van der Waals surface area contributed by atoms with Crippen molar-refractivity contribution in [3.63, 3.8) is 0 Å². The average Bonchev–Trinajstić information content (AvgIpc) is 3.25. The quantitative estimate of drug-likeness (QED) is 0.564. The van der Waals surface area contributed by atoms with Gasteiger partial charge < -0.3 is 9.73 Å². The number of rotatable bonds is 7. The van der Waals surface area contributed by atoms with Crippen LogP contribution < -0.4 is 5.32 Å². The smallest absolute Gasteiger partial charge is 0.220 e. The third kappa shape index (κ3) is 5.96. The number of amides is 1. The summed E-state index contributed by atoms with van der Waals surface area (Å²) >= 11 is 5.93. The Morgan fingerprint density at radius 2 is 1.90 bits per heavy atom. The van der Waals surface area contributed by atoms with Crippen LogP contribution in [0.1, 0.15) is 36.3 Å². The van der Waals surface area contributed by atoms with Crippen LogP contribution in [0.2, 0.25) is 5.02 Å². The van der Waals surface area contributed by atoms with Gasteiger partial charge in [-0.15, -0.1) is 0 Å². The Bertz CT molecular complexity index is 1010. The van der Waals surface area contributed by atoms with Crippen molar-refractivity contribution in [1.29, 1.82) is 0 Å². The minimum atomic E-state index is 0.0589. The van der Waals surface area contributed by atoms with Crippen LogP contribution in [0.3, 0.4) is 0 Å². The lowest BCUT2D eigenvalue weighted by Gasteiger charge is -2.32. The fourth-order valence-corrected chi connectivity index (χ4v) is 4.08. The van der Waals surface area contributed by atoms with Crippen molar-refractivity contribution < 1.29 is 9.21 Å². The van der Waals surface area contributed by atoms with Gasteiger partial charge in [0.15, 0.2) is 11.7 Å². The van der Waals surface area contributed by atoms with Crippen LogP contribution >= 0.6 is 11.6 Å². The summed E-state index contributed by atoms with van der Waals surface area (Å²) in [6.45, 7) is 5.15. The van der Waals surface area contributed by atoms with Gasteiger partial charge in [0.2, 0.25) is 5.91 Å². The molecule has 2 aromatic carbocycles. The number of hydrogen-bond acceptors (Lipinski definition) is 4. The van der Waals surface area contributed by atoms with E-state index in [0.29, 0.717) is 29.5 Å². The molecule has 4 rings (SSSR count). The zero-order chi connectivity index (χ0) is 21.6. The van der Waals surface area contributed by atoms with Crippen molar-refractivity contribution in [2.75, 3.05) is 13.1 Å². The molecule has 2 heterocycles. The van der Waals surface area contributed by atoms with Gasteiger partial charge in [-0.1, -0.05) is 35.9 Å². The topological polar surface area (TPSA) is 58.4 Å². The molecule has 1 aromatic heterocycles. The van der Waals surface area contributed by atoms with Crippen LogP contribution in [0.4, 0.5) is 0 Å². The summed E-state index contributed by atoms with van der Waals surface area (Å²) in [7, 11) is 0. The highest BCUT2D eigenvalue weighted by Crippen LogP contribution is 2.23. The SMILES string of the molecule is Cc1ccccc1CN1CCC(NC(=O)CCc2ncc(-c3ccc(Cl)cc3)o2)CC1. The Morgan fingerprint density at radius 3 is 2.65 bits per heavy atom. The second-order valence-electron chi connectivity index (χ2n) is 8.17. The Balaban J connectivity index is 1.20. The molecule has 0 atom stereocenters. The fraction of sp³-hybridized carbons (Fsp3) is 0.360. The van der Waals surface area contributed by atoms with Crippen molar-refractivity contribution in [2.24, 2.45) is 0 Å². The van der Waals surface area contributed by atoms with Crippen molar-refractivity contribution in [1.82, 2.24) is 15.2 Å². The number of halogens is 1. The highest BCUT2D eigenvalue weighted by molar-refractivity contribution is 6.30. The van der Waals surface area contributed by atoms with Crippen LogP contribution in [0, 0.1) is 6.92 Å². The number of carbonyl (C=O) groups is 1. The number of benzene rings is 2. The van der Waals surface area contributed by atoms with Gasteiger partial charge in [-0.3, -0.25) is 9.69 Å². The lowest BCUT2D eigenvalue weighted by Crippen LogP contribution is -2.44. The number of nitrogens with one attached hydrogen (secondary N) is 1. The van der Waals surface area contributed by atoms with Crippen molar-refractivity contribution in [3.05, 3.63) is 76.8 Å². The zero-order valence-corrected chi connectivity index (χ0v) is 18.6. The lowest BCUT2D eigenvalue weighted by atomic mass is 10.0. The number of oxazole rings is 1. The van der Waals surface area contributed by atoms with E-state index in [9.17, 15) is 4.79 Å². The molecule has 31 heavy (non-hydrogen) atoms. The zero-order valence-electron chi connectivity index (χ0n) is 17.8. The molecule has 3 aromatic rings. The largest absolute Gasteiger partial charge is 0.441 e. The van der Waals surface area contributed by atoms with E-state index in [4.69, 9.17) is 16.0 Å². The molecule has 162 valence electrons. The predicted molar refractivity (Wildman–Crippen MR) is 123 cm³/mol. The maximum Gasteiger partial charge on any atom is 0.220 e. The van der Waals surface area contributed by atoms with E-state index in [2.05, 4.69) is 46.4 Å². The first-order valence-electron chi connectivity index (χ1n) is 10.8. The number of carbonyl (C=O) groups excluding carboxylic acids is 1. The van der Waals surface area contributed by atoms with Crippen LogP contribution in [0.25, 0.3) is 11.3 Å². The number of piperidine rings is 1. The first-order valence-corrected chi connectivity index (χ1v) is 11.2. The maximum atomic E-state index is 12.4. The molecule has 5 nitrogen and oxygen atoms in total. The van der Waals surface area contributed by atoms with E-state index >= 15 is 0 Å². The van der Waals surface area contributed by atoms with Crippen molar-refractivity contribution in [3.8, 4) is 11.3 Å². The molecule has 0 bridgehead atoms. The van der Waals surface area contributed by atoms with Crippen LogP contribution in [-0.2, 0) is 17.8 Å². The van der Waals surface area contributed by atoms with E-state index in [1.54, 1.807) is 6.20 Å². The number of aromatic nitrogens is 1. The van der Waals surface area contributed by atoms with Gasteiger partial charge in [-0.05, 0) is 55.2 Å². The summed E-state index contributed by atoms with van der Waals surface area (Å²) in [6, 6.07) is 16.2. The molecule has 1 saturated heterocycles. The Morgan fingerprint density at radius 1 is 1.16 bits per heavy atom. The molecule has 1 N–H and O–H groups in total. The normalized spacial score (nSPS) is 15.2. The Kier molecular flexibility index (Phi) is 7.05. The molecular formula is C25H28ClN3O2. The highest BCUT2D eigenvalue weighted by atomic mass is 35.5. The molecule has 1 fully saturated rings. The maximum absolute atomic E-state index is 12.4. The fourth-order valence-electron chi connectivity index (χ4n) is 3.96. The minimum absolute atomic E-state index is 0.0589. The van der Waals surface area contributed by atoms with E-state index in [1.807, 2.05) is 24.3 Å². The molecule has 1 aliphatic rings. The molecule has 1 amide bonds. The molecule has 0 unspecified atom stereocenters. The number of hydrogen-bond donors (Lipinski definition) is 1. The first kappa shape index (κ1) is 21.6. The molecule has 0 aliphatic carbocycles. The van der Waals surface area contributed by atoms with Gasteiger partial charge in [-0.25, -0.2) is 4.98 Å². The summed E-state index contributed by atoms with van der Waals surface area (Å²) in [5.74, 6) is 1.32. The third-order valence-electron chi connectivity index (χ3n) is 5.86. The van der Waals surface area contributed by atoms with Crippen LogP contribution in [-0.4, -0.2) is 34.9 Å². The van der Waals surface area contributed by atoms with E-state index in [-0.39, 0.29) is 11.9 Å². The molecule has 6 heteroatoms. The van der Waals surface area contributed by atoms with E-state index in [1.165, 1.54) is 11.1 Å². The summed E-state index contributed by atoms with van der Waals surface area (Å²) in [4.78, 5) is 19.2.